The summed E-state index contributed by atoms with van der Waals surface area (Å²) in [4.78, 5) is 12.5. The third-order valence-corrected chi connectivity index (χ3v) is 6.93. The SMILES string of the molecule is CCOc1ccc(OC(=O)c2ccc(C3CCC(CC(C)c4ccccc4)CC3)cc2)cc1F. The van der Waals surface area contributed by atoms with Crippen molar-refractivity contribution in [1.29, 1.82) is 0 Å². The van der Waals surface area contributed by atoms with Gasteiger partial charge in [0.2, 0.25) is 0 Å². The van der Waals surface area contributed by atoms with E-state index < -0.39 is 11.8 Å². The van der Waals surface area contributed by atoms with Gasteiger partial charge >= 0.3 is 5.97 Å². The summed E-state index contributed by atoms with van der Waals surface area (Å²) in [6.45, 7) is 4.49. The molecule has 1 unspecified atom stereocenters. The number of benzene rings is 3. The molecule has 0 bridgehead atoms. The number of hydrogen-bond acceptors (Lipinski definition) is 3. The predicted molar refractivity (Wildman–Crippen MR) is 133 cm³/mol. The van der Waals surface area contributed by atoms with Crippen LogP contribution in [0.15, 0.2) is 72.8 Å². The van der Waals surface area contributed by atoms with Crippen LogP contribution in [0.5, 0.6) is 11.5 Å². The monoisotopic (exact) mass is 460 g/mol. The fraction of sp³-hybridized carbons (Fsp3) is 0.367. The highest BCUT2D eigenvalue weighted by atomic mass is 19.1. The summed E-state index contributed by atoms with van der Waals surface area (Å²) < 4.78 is 24.6. The van der Waals surface area contributed by atoms with Crippen LogP contribution in [0, 0.1) is 11.7 Å². The van der Waals surface area contributed by atoms with Crippen LogP contribution in [-0.4, -0.2) is 12.6 Å². The fourth-order valence-electron chi connectivity index (χ4n) is 5.02. The maximum atomic E-state index is 14.0. The summed E-state index contributed by atoms with van der Waals surface area (Å²) >= 11 is 0. The minimum atomic E-state index is -0.545. The van der Waals surface area contributed by atoms with E-state index in [-0.39, 0.29) is 11.5 Å². The van der Waals surface area contributed by atoms with Crippen LogP contribution in [0.1, 0.15) is 79.3 Å². The summed E-state index contributed by atoms with van der Waals surface area (Å²) in [7, 11) is 0. The number of hydrogen-bond donors (Lipinski definition) is 0. The van der Waals surface area contributed by atoms with Gasteiger partial charge in [0.25, 0.3) is 0 Å². The third kappa shape index (κ3) is 6.05. The molecule has 3 aromatic rings. The van der Waals surface area contributed by atoms with Crippen molar-refractivity contribution in [3.05, 3.63) is 95.3 Å². The Kier molecular flexibility index (Phi) is 7.99. The van der Waals surface area contributed by atoms with Crippen molar-refractivity contribution in [1.82, 2.24) is 0 Å². The van der Waals surface area contributed by atoms with Crippen molar-refractivity contribution in [2.24, 2.45) is 5.92 Å². The zero-order valence-electron chi connectivity index (χ0n) is 20.0. The fourth-order valence-corrected chi connectivity index (χ4v) is 5.02. The molecule has 4 rings (SSSR count). The second-order valence-corrected chi connectivity index (χ2v) is 9.30. The Morgan fingerprint density at radius 3 is 2.32 bits per heavy atom. The van der Waals surface area contributed by atoms with E-state index in [1.54, 1.807) is 6.92 Å². The summed E-state index contributed by atoms with van der Waals surface area (Å²) in [5.41, 5.74) is 3.17. The van der Waals surface area contributed by atoms with E-state index in [0.717, 1.165) is 5.92 Å². The molecule has 0 N–H and O–H groups in total. The zero-order chi connectivity index (χ0) is 23.9. The Hall–Kier alpha value is -3.14. The van der Waals surface area contributed by atoms with Gasteiger partial charge in [-0.2, -0.15) is 0 Å². The van der Waals surface area contributed by atoms with Gasteiger partial charge < -0.3 is 9.47 Å². The first-order valence-electron chi connectivity index (χ1n) is 12.3. The molecule has 3 nitrogen and oxygen atoms in total. The topological polar surface area (TPSA) is 35.5 Å². The summed E-state index contributed by atoms with van der Waals surface area (Å²) in [6.07, 6.45) is 6.10. The van der Waals surface area contributed by atoms with E-state index in [1.807, 2.05) is 24.3 Å². The van der Waals surface area contributed by atoms with Gasteiger partial charge in [-0.15, -0.1) is 0 Å². The van der Waals surface area contributed by atoms with E-state index in [2.05, 4.69) is 37.3 Å². The molecule has 1 atom stereocenters. The van der Waals surface area contributed by atoms with Gasteiger partial charge in [0, 0.05) is 6.07 Å². The van der Waals surface area contributed by atoms with Crippen LogP contribution in [0.4, 0.5) is 4.39 Å². The smallest absolute Gasteiger partial charge is 0.343 e. The molecule has 1 aliphatic rings. The maximum Gasteiger partial charge on any atom is 0.343 e. The number of halogens is 1. The molecule has 1 aliphatic carbocycles. The molecular formula is C30H33FO3. The largest absolute Gasteiger partial charge is 0.491 e. The van der Waals surface area contributed by atoms with Crippen molar-refractivity contribution in [2.45, 2.75) is 57.8 Å². The van der Waals surface area contributed by atoms with Gasteiger partial charge in [-0.3, -0.25) is 0 Å². The summed E-state index contributed by atoms with van der Waals surface area (Å²) in [6, 6.07) is 22.7. The maximum absolute atomic E-state index is 14.0. The van der Waals surface area contributed by atoms with Gasteiger partial charge in [0.1, 0.15) is 5.75 Å². The standard InChI is InChI=1S/C30H33FO3/c1-3-33-29-18-17-27(20-28(29)31)34-30(32)26-15-13-25(14-16-26)24-11-9-22(10-12-24)19-21(2)23-7-5-4-6-8-23/h4-8,13-18,20-22,24H,3,9-12,19H2,1-2H3. The molecule has 34 heavy (non-hydrogen) atoms. The van der Waals surface area contributed by atoms with Crippen molar-refractivity contribution in [3.63, 3.8) is 0 Å². The lowest BCUT2D eigenvalue weighted by Gasteiger charge is -2.30. The molecule has 0 aliphatic heterocycles. The molecule has 0 radical (unpaired) electrons. The van der Waals surface area contributed by atoms with Crippen LogP contribution < -0.4 is 9.47 Å². The van der Waals surface area contributed by atoms with E-state index in [9.17, 15) is 9.18 Å². The number of carbonyl (C=O) groups excluding carboxylic acids is 1. The first-order valence-corrected chi connectivity index (χ1v) is 12.3. The third-order valence-electron chi connectivity index (χ3n) is 6.93. The highest BCUT2D eigenvalue weighted by molar-refractivity contribution is 5.91. The first-order chi connectivity index (χ1) is 16.5. The molecule has 0 amide bonds. The molecule has 4 heteroatoms. The van der Waals surface area contributed by atoms with Gasteiger partial charge in [0.15, 0.2) is 11.6 Å². The lowest BCUT2D eigenvalue weighted by atomic mass is 9.75. The average molecular weight is 461 g/mol. The van der Waals surface area contributed by atoms with Gasteiger partial charge in [-0.05, 0) is 92.2 Å². The van der Waals surface area contributed by atoms with E-state index in [0.29, 0.717) is 24.0 Å². The number of esters is 1. The van der Waals surface area contributed by atoms with Gasteiger partial charge in [0.05, 0.1) is 12.2 Å². The second-order valence-electron chi connectivity index (χ2n) is 9.30. The lowest BCUT2D eigenvalue weighted by Crippen LogP contribution is -2.15. The highest BCUT2D eigenvalue weighted by Gasteiger charge is 2.24. The van der Waals surface area contributed by atoms with Gasteiger partial charge in [-0.25, -0.2) is 9.18 Å². The van der Waals surface area contributed by atoms with Crippen LogP contribution in [0.2, 0.25) is 0 Å². The quantitative estimate of drug-likeness (QED) is 0.253. The minimum absolute atomic E-state index is 0.149. The van der Waals surface area contributed by atoms with Crippen LogP contribution in [-0.2, 0) is 0 Å². The molecule has 0 heterocycles. The van der Waals surface area contributed by atoms with E-state index in [1.165, 1.54) is 61.4 Å². The number of carbonyl (C=O) groups is 1. The predicted octanol–water partition coefficient (Wildman–Crippen LogP) is 7.91. The van der Waals surface area contributed by atoms with Crippen molar-refractivity contribution < 1.29 is 18.7 Å². The Balaban J connectivity index is 1.29. The molecule has 0 aromatic heterocycles. The van der Waals surface area contributed by atoms with Crippen molar-refractivity contribution in [3.8, 4) is 11.5 Å². The second kappa shape index (κ2) is 11.3. The molecule has 178 valence electrons. The minimum Gasteiger partial charge on any atom is -0.491 e. The van der Waals surface area contributed by atoms with Gasteiger partial charge in [-0.1, -0.05) is 49.4 Å². The van der Waals surface area contributed by atoms with Crippen LogP contribution in [0.3, 0.4) is 0 Å². The van der Waals surface area contributed by atoms with Crippen LogP contribution in [0.25, 0.3) is 0 Å². The molecule has 1 saturated carbocycles. The molecule has 3 aromatic carbocycles. The molecular weight excluding hydrogens is 427 g/mol. The van der Waals surface area contributed by atoms with Crippen molar-refractivity contribution >= 4 is 5.97 Å². The van der Waals surface area contributed by atoms with Crippen LogP contribution >= 0.6 is 0 Å². The Labute approximate surface area is 201 Å². The molecule has 0 saturated heterocycles. The molecule has 1 fully saturated rings. The summed E-state index contributed by atoms with van der Waals surface area (Å²) in [5.74, 6) is 1.18. The number of ether oxygens (including phenoxy) is 2. The van der Waals surface area contributed by atoms with E-state index >= 15 is 0 Å². The average Bonchev–Trinajstić information content (AvgIpc) is 2.87. The Morgan fingerprint density at radius 1 is 0.971 bits per heavy atom. The highest BCUT2D eigenvalue weighted by Crippen LogP contribution is 2.39. The van der Waals surface area contributed by atoms with E-state index in [4.69, 9.17) is 9.47 Å². The first kappa shape index (κ1) is 24.0. The van der Waals surface area contributed by atoms with Crippen molar-refractivity contribution in [2.75, 3.05) is 6.61 Å². The normalized spacial score (nSPS) is 18.8. The molecule has 0 spiro atoms. The summed E-state index contributed by atoms with van der Waals surface area (Å²) in [5, 5.41) is 0. The number of rotatable bonds is 8. The lowest BCUT2D eigenvalue weighted by molar-refractivity contribution is 0.0734. The zero-order valence-corrected chi connectivity index (χ0v) is 20.0. The Bertz CT molecular complexity index is 1070. The Morgan fingerprint density at radius 2 is 1.68 bits per heavy atom.